The summed E-state index contributed by atoms with van der Waals surface area (Å²) < 4.78 is 0. The molecule has 1 heterocycles. The minimum absolute atomic E-state index is 0.0244. The molecule has 7 atom stereocenters. The Labute approximate surface area is 322 Å². The molecule has 1 rings (SSSR count). The maximum absolute atomic E-state index is 13.4. The molecule has 0 saturated carbocycles. The van der Waals surface area contributed by atoms with Gasteiger partial charge in [0, 0.05) is 6.54 Å². The van der Waals surface area contributed by atoms with Crippen LogP contribution in [0.25, 0.3) is 0 Å². The number of likely N-dealkylation sites (tertiary alicyclic amines) is 1. The van der Waals surface area contributed by atoms with Crippen LogP contribution < -0.4 is 37.6 Å². The third-order valence-corrected chi connectivity index (χ3v) is 9.33. The average Bonchev–Trinajstić information content (AvgIpc) is 3.58. The van der Waals surface area contributed by atoms with E-state index in [9.17, 15) is 43.5 Å². The van der Waals surface area contributed by atoms with Crippen LogP contribution in [0.5, 0.6) is 0 Å². The summed E-state index contributed by atoms with van der Waals surface area (Å²) in [4.78, 5) is 104. The standard InChI is InChI=1S/C35H62N8O10S/c1-18(2)14-23(41-33(51)25-10-9-12-43(25)35(53)28(36)20(5)6)31(49)37-16-26(45)39-24(15-19(3)4)32(50)42-29(21(7)44)34(52)40-22(11-13-54-8)30(48)38-17-27(46)47/h18-25,28-29,44H,9-17,36H2,1-8H3,(H,37,49)(H,38,48)(H,39,45)(H,40,52)(H,41,51)(H,42,50)(H,46,47)/t21-,22+,23+,24+,25+,28+,29+/m1/s1. The number of nitrogens with two attached hydrogens (primary N) is 1. The highest BCUT2D eigenvalue weighted by atomic mass is 32.2. The average molecular weight is 787 g/mol. The molecule has 0 aromatic rings. The van der Waals surface area contributed by atoms with Crippen LogP contribution in [0.4, 0.5) is 0 Å². The summed E-state index contributed by atoms with van der Waals surface area (Å²) in [7, 11) is 0. The second-order valence-electron chi connectivity index (χ2n) is 14.8. The molecule has 7 amide bonds. The van der Waals surface area contributed by atoms with E-state index in [4.69, 9.17) is 10.8 Å². The maximum atomic E-state index is 13.4. The Hall–Kier alpha value is -3.97. The monoisotopic (exact) mass is 786 g/mol. The van der Waals surface area contributed by atoms with E-state index in [0.29, 0.717) is 25.1 Å². The number of hydrogen-bond acceptors (Lipinski definition) is 11. The second-order valence-corrected chi connectivity index (χ2v) is 15.8. The van der Waals surface area contributed by atoms with Crippen molar-refractivity contribution < 1.29 is 48.6 Å². The minimum Gasteiger partial charge on any atom is -0.480 e. The number of carboxylic acids is 1. The molecule has 1 aliphatic rings. The van der Waals surface area contributed by atoms with Crippen LogP contribution in [0.3, 0.4) is 0 Å². The van der Waals surface area contributed by atoms with E-state index in [1.54, 1.807) is 20.1 Å². The van der Waals surface area contributed by atoms with Gasteiger partial charge in [-0.05, 0) is 68.8 Å². The smallest absolute Gasteiger partial charge is 0.322 e. The summed E-state index contributed by atoms with van der Waals surface area (Å²) >= 11 is 1.39. The third kappa shape index (κ3) is 16.6. The highest BCUT2D eigenvalue weighted by molar-refractivity contribution is 7.98. The van der Waals surface area contributed by atoms with Crippen molar-refractivity contribution in [2.45, 2.75) is 123 Å². The lowest BCUT2D eigenvalue weighted by atomic mass is 10.0. The van der Waals surface area contributed by atoms with E-state index in [-0.39, 0.29) is 42.9 Å². The molecule has 308 valence electrons. The van der Waals surface area contributed by atoms with E-state index in [1.807, 2.05) is 27.7 Å². The van der Waals surface area contributed by atoms with Gasteiger partial charge >= 0.3 is 5.97 Å². The van der Waals surface area contributed by atoms with Gasteiger partial charge in [0.1, 0.15) is 36.8 Å². The van der Waals surface area contributed by atoms with Crippen LogP contribution in [0.2, 0.25) is 0 Å². The van der Waals surface area contributed by atoms with Crippen LogP contribution in [0, 0.1) is 17.8 Å². The number of nitrogens with one attached hydrogen (secondary N) is 6. The number of hydrogen-bond donors (Lipinski definition) is 9. The van der Waals surface area contributed by atoms with Gasteiger partial charge in [-0.3, -0.25) is 38.4 Å². The van der Waals surface area contributed by atoms with Gasteiger partial charge < -0.3 is 52.7 Å². The van der Waals surface area contributed by atoms with Crippen molar-refractivity contribution in [2.24, 2.45) is 23.5 Å². The molecule has 0 aromatic carbocycles. The first-order chi connectivity index (χ1) is 25.2. The van der Waals surface area contributed by atoms with Crippen molar-refractivity contribution in [3.05, 3.63) is 0 Å². The Morgan fingerprint density at radius 1 is 0.759 bits per heavy atom. The largest absolute Gasteiger partial charge is 0.480 e. The zero-order valence-corrected chi connectivity index (χ0v) is 33.5. The molecule has 18 nitrogen and oxygen atoms in total. The lowest BCUT2D eigenvalue weighted by Crippen LogP contribution is -2.60. The molecule has 0 radical (unpaired) electrons. The van der Waals surface area contributed by atoms with Crippen molar-refractivity contribution in [2.75, 3.05) is 31.6 Å². The molecule has 0 aliphatic carbocycles. The number of aliphatic hydroxyl groups is 1. The number of nitrogens with zero attached hydrogens (tertiary/aromatic N) is 1. The van der Waals surface area contributed by atoms with Crippen LogP contribution in [0.15, 0.2) is 0 Å². The van der Waals surface area contributed by atoms with Gasteiger partial charge in [-0.1, -0.05) is 41.5 Å². The van der Waals surface area contributed by atoms with Gasteiger partial charge in [0.25, 0.3) is 0 Å². The summed E-state index contributed by atoms with van der Waals surface area (Å²) in [6.07, 6.45) is 1.88. The topological polar surface area (TPSA) is 278 Å². The van der Waals surface area contributed by atoms with Crippen molar-refractivity contribution in [3.63, 3.8) is 0 Å². The molecular weight excluding hydrogens is 724 g/mol. The van der Waals surface area contributed by atoms with Crippen molar-refractivity contribution in [1.82, 2.24) is 36.8 Å². The van der Waals surface area contributed by atoms with Gasteiger partial charge in [-0.15, -0.1) is 0 Å². The molecule has 10 N–H and O–H groups in total. The fourth-order valence-electron chi connectivity index (χ4n) is 5.70. The Balaban J connectivity index is 3.00. The van der Waals surface area contributed by atoms with Crippen molar-refractivity contribution in [1.29, 1.82) is 0 Å². The zero-order chi connectivity index (χ0) is 41.3. The molecule has 19 heteroatoms. The zero-order valence-electron chi connectivity index (χ0n) is 32.7. The number of amides is 7. The molecule has 0 spiro atoms. The Kier molecular flexibility index (Phi) is 21.1. The fraction of sp³-hybridized carbons (Fsp3) is 0.771. The Morgan fingerprint density at radius 3 is 1.83 bits per heavy atom. The quantitative estimate of drug-likeness (QED) is 0.0569. The number of carbonyl (C=O) groups excluding carboxylic acids is 7. The second kappa shape index (κ2) is 23.7. The summed E-state index contributed by atoms with van der Waals surface area (Å²) in [6.45, 7) is 11.4. The van der Waals surface area contributed by atoms with E-state index in [1.165, 1.54) is 23.6 Å². The van der Waals surface area contributed by atoms with Gasteiger partial charge in [0.05, 0.1) is 18.7 Å². The SMILES string of the molecule is CSCC[C@H](NC(=O)[C@@H](NC(=O)[C@H](CC(C)C)NC(=O)CNC(=O)[C@H](CC(C)C)NC(=O)[C@@H]1CCCN1C(=O)[C@@H](N)C(C)C)[C@@H](C)O)C(=O)NCC(=O)O. The molecule has 54 heavy (non-hydrogen) atoms. The predicted molar refractivity (Wildman–Crippen MR) is 203 cm³/mol. The Morgan fingerprint density at radius 2 is 1.31 bits per heavy atom. The predicted octanol–water partition coefficient (Wildman–Crippen LogP) is -1.56. The number of carboxylic acid groups (broad SMARTS) is 1. The lowest BCUT2D eigenvalue weighted by molar-refractivity contribution is -0.141. The van der Waals surface area contributed by atoms with Crippen LogP contribution in [-0.2, 0) is 38.4 Å². The van der Waals surface area contributed by atoms with E-state index >= 15 is 0 Å². The molecule has 0 aromatic heterocycles. The maximum Gasteiger partial charge on any atom is 0.322 e. The van der Waals surface area contributed by atoms with Gasteiger partial charge in [0.2, 0.25) is 41.4 Å². The van der Waals surface area contributed by atoms with Gasteiger partial charge in [0.15, 0.2) is 0 Å². The van der Waals surface area contributed by atoms with Crippen molar-refractivity contribution >= 4 is 59.1 Å². The fourth-order valence-corrected chi connectivity index (χ4v) is 6.17. The van der Waals surface area contributed by atoms with Crippen LogP contribution >= 0.6 is 11.8 Å². The number of carbonyl (C=O) groups is 8. The molecule has 1 saturated heterocycles. The first kappa shape index (κ1) is 48.0. The van der Waals surface area contributed by atoms with Crippen LogP contribution in [0.1, 0.15) is 80.6 Å². The Bertz CT molecular complexity index is 1310. The number of rotatable bonds is 23. The summed E-state index contributed by atoms with van der Waals surface area (Å²) in [5.41, 5.74) is 6.07. The normalized spacial score (nSPS) is 17.5. The number of thioether (sulfide) groups is 1. The lowest BCUT2D eigenvalue weighted by Gasteiger charge is -2.29. The molecule has 1 fully saturated rings. The van der Waals surface area contributed by atoms with E-state index < -0.39 is 96.9 Å². The molecule has 0 unspecified atom stereocenters. The minimum atomic E-state index is -1.54. The van der Waals surface area contributed by atoms with Crippen LogP contribution in [-0.4, -0.2) is 136 Å². The van der Waals surface area contributed by atoms with Crippen molar-refractivity contribution in [3.8, 4) is 0 Å². The molecule has 1 aliphatic heterocycles. The van der Waals surface area contributed by atoms with E-state index in [2.05, 4.69) is 31.9 Å². The summed E-state index contributed by atoms with van der Waals surface area (Å²) in [5, 5.41) is 34.2. The van der Waals surface area contributed by atoms with Gasteiger partial charge in [-0.2, -0.15) is 11.8 Å². The third-order valence-electron chi connectivity index (χ3n) is 8.68. The highest BCUT2D eigenvalue weighted by Gasteiger charge is 2.38. The molecular formula is C35H62N8O10S. The van der Waals surface area contributed by atoms with Gasteiger partial charge in [-0.25, -0.2) is 0 Å². The highest BCUT2D eigenvalue weighted by Crippen LogP contribution is 2.20. The molecule has 0 bridgehead atoms. The van der Waals surface area contributed by atoms with E-state index in [0.717, 1.165) is 0 Å². The summed E-state index contributed by atoms with van der Waals surface area (Å²) in [5.74, 6) is -5.77. The number of aliphatic hydroxyl groups excluding tert-OH is 1. The first-order valence-electron chi connectivity index (χ1n) is 18.4. The summed E-state index contributed by atoms with van der Waals surface area (Å²) in [6, 6.07) is -6.46. The first-order valence-corrected chi connectivity index (χ1v) is 19.8. The number of aliphatic carboxylic acids is 1.